The molecule has 5 nitrogen and oxygen atoms in total. The molecule has 1 aromatic rings. The summed E-state index contributed by atoms with van der Waals surface area (Å²) in [5.41, 5.74) is 2.58. The van der Waals surface area contributed by atoms with E-state index in [1.54, 1.807) is 11.8 Å². The molecule has 2 rings (SSSR count). The van der Waals surface area contributed by atoms with E-state index in [2.05, 4.69) is 72.8 Å². The number of guanidine groups is 1. The topological polar surface area (TPSA) is 42.9 Å². The molecule has 0 aromatic heterocycles. The van der Waals surface area contributed by atoms with Crippen LogP contribution < -0.4 is 10.6 Å². The summed E-state index contributed by atoms with van der Waals surface area (Å²) >= 11 is 1.79. The van der Waals surface area contributed by atoms with Crippen LogP contribution in [0.1, 0.15) is 18.1 Å². The summed E-state index contributed by atoms with van der Waals surface area (Å²) in [5, 5.41) is 6.89. The molecule has 1 saturated heterocycles. The van der Waals surface area contributed by atoms with Crippen LogP contribution in [0.2, 0.25) is 0 Å². The molecule has 25 heavy (non-hydrogen) atoms. The van der Waals surface area contributed by atoms with Crippen LogP contribution in [0, 0.1) is 6.92 Å². The van der Waals surface area contributed by atoms with Crippen LogP contribution in [-0.4, -0.2) is 74.9 Å². The lowest BCUT2D eigenvalue weighted by molar-refractivity contribution is 0.116. The first-order chi connectivity index (χ1) is 12.0. The quantitative estimate of drug-likeness (QED) is 0.460. The fourth-order valence-electron chi connectivity index (χ4n) is 3.02. The molecule has 2 N–H and O–H groups in total. The molecule has 1 heterocycles. The normalized spacial score (nSPS) is 19.9. The molecule has 1 atom stereocenters. The van der Waals surface area contributed by atoms with Gasteiger partial charge in [-0.25, -0.2) is 4.99 Å². The van der Waals surface area contributed by atoms with Crippen molar-refractivity contribution >= 4 is 17.7 Å². The van der Waals surface area contributed by atoms with Gasteiger partial charge in [-0.1, -0.05) is 12.1 Å². The van der Waals surface area contributed by atoms with Crippen LogP contribution in [0.25, 0.3) is 0 Å². The van der Waals surface area contributed by atoms with Crippen LogP contribution >= 0.6 is 11.8 Å². The highest BCUT2D eigenvalue weighted by molar-refractivity contribution is 7.98. The van der Waals surface area contributed by atoms with Gasteiger partial charge in [0.2, 0.25) is 0 Å². The highest BCUT2D eigenvalue weighted by atomic mass is 32.2. The Bertz CT molecular complexity index is 575. The Hall–Kier alpha value is -1.24. The van der Waals surface area contributed by atoms with Crippen LogP contribution in [0.3, 0.4) is 0 Å². The van der Waals surface area contributed by atoms with Gasteiger partial charge in [0.15, 0.2) is 5.96 Å². The number of hydrogen-bond acceptors (Lipinski definition) is 4. The second-order valence-electron chi connectivity index (χ2n) is 6.79. The van der Waals surface area contributed by atoms with E-state index < -0.39 is 0 Å². The van der Waals surface area contributed by atoms with E-state index in [1.165, 1.54) is 16.0 Å². The number of aryl methyl sites for hydroxylation is 1. The third kappa shape index (κ3) is 6.20. The molecule has 0 spiro atoms. The third-order valence-corrected chi connectivity index (χ3v) is 5.50. The standard InChI is InChI=1S/C19H33N5S/c1-6-20-19(22-13-17-14-23(3)9-10-24(17)4)21-12-16-8-7-15(2)11-18(16)25-5/h7-8,11,17H,6,9-10,12-14H2,1-5H3,(H2,20,21,22). The van der Waals surface area contributed by atoms with Crippen molar-refractivity contribution in [2.75, 3.05) is 53.1 Å². The summed E-state index contributed by atoms with van der Waals surface area (Å²) in [4.78, 5) is 10.9. The number of aliphatic imine (C=N–C) groups is 1. The van der Waals surface area contributed by atoms with Gasteiger partial charge in [0.05, 0.1) is 6.54 Å². The molecular formula is C19H33N5S. The average molecular weight is 364 g/mol. The van der Waals surface area contributed by atoms with Gasteiger partial charge in [0.1, 0.15) is 0 Å². The minimum absolute atomic E-state index is 0.517. The van der Waals surface area contributed by atoms with Crippen molar-refractivity contribution in [1.82, 2.24) is 20.4 Å². The summed E-state index contributed by atoms with van der Waals surface area (Å²) < 4.78 is 0. The minimum atomic E-state index is 0.517. The highest BCUT2D eigenvalue weighted by Gasteiger charge is 2.22. The van der Waals surface area contributed by atoms with E-state index >= 15 is 0 Å². The summed E-state index contributed by atoms with van der Waals surface area (Å²) in [6.07, 6.45) is 2.13. The van der Waals surface area contributed by atoms with Crippen molar-refractivity contribution < 1.29 is 0 Å². The van der Waals surface area contributed by atoms with Crippen molar-refractivity contribution in [3.8, 4) is 0 Å². The largest absolute Gasteiger partial charge is 0.357 e. The van der Waals surface area contributed by atoms with Crippen molar-refractivity contribution in [2.24, 2.45) is 4.99 Å². The predicted octanol–water partition coefficient (Wildman–Crippen LogP) is 2.02. The maximum Gasteiger partial charge on any atom is 0.191 e. The number of nitrogens with one attached hydrogen (secondary N) is 2. The Morgan fingerprint density at radius 3 is 2.80 bits per heavy atom. The zero-order chi connectivity index (χ0) is 18.2. The molecule has 0 aliphatic carbocycles. The summed E-state index contributed by atoms with van der Waals surface area (Å²) in [5.74, 6) is 0.900. The number of nitrogens with zero attached hydrogens (tertiary/aromatic N) is 3. The number of thioether (sulfide) groups is 1. The Kier molecular flexibility index (Phi) is 8.06. The Balaban J connectivity index is 1.98. The summed E-state index contributed by atoms with van der Waals surface area (Å²) in [6.45, 7) is 10.1. The number of likely N-dealkylation sites (N-methyl/N-ethyl adjacent to an activating group) is 2. The highest BCUT2D eigenvalue weighted by Crippen LogP contribution is 2.22. The zero-order valence-corrected chi connectivity index (χ0v) is 17.1. The van der Waals surface area contributed by atoms with E-state index in [9.17, 15) is 0 Å². The van der Waals surface area contributed by atoms with Gasteiger partial charge in [-0.2, -0.15) is 0 Å². The van der Waals surface area contributed by atoms with E-state index in [-0.39, 0.29) is 0 Å². The maximum absolute atomic E-state index is 4.80. The molecule has 6 heteroatoms. The average Bonchev–Trinajstić information content (AvgIpc) is 2.60. The molecule has 0 amide bonds. The Labute approximate surface area is 157 Å². The van der Waals surface area contributed by atoms with Gasteiger partial charge in [-0.3, -0.25) is 4.90 Å². The van der Waals surface area contributed by atoms with Gasteiger partial charge in [0, 0.05) is 43.7 Å². The summed E-state index contributed by atoms with van der Waals surface area (Å²) in [6, 6.07) is 7.11. The minimum Gasteiger partial charge on any atom is -0.357 e. The van der Waals surface area contributed by atoms with E-state index in [1.807, 2.05) is 0 Å². The molecule has 1 aliphatic rings. The SMILES string of the molecule is CCNC(=NCc1ccc(C)cc1SC)NCC1CN(C)CCN1C. The van der Waals surface area contributed by atoms with Crippen molar-refractivity contribution in [1.29, 1.82) is 0 Å². The molecule has 140 valence electrons. The predicted molar refractivity (Wildman–Crippen MR) is 110 cm³/mol. The Morgan fingerprint density at radius 2 is 2.08 bits per heavy atom. The van der Waals surface area contributed by atoms with Crippen LogP contribution in [0.5, 0.6) is 0 Å². The number of piperazine rings is 1. The van der Waals surface area contributed by atoms with E-state index in [0.717, 1.165) is 38.7 Å². The lowest BCUT2D eigenvalue weighted by Crippen LogP contribution is -2.55. The van der Waals surface area contributed by atoms with Crippen molar-refractivity contribution in [2.45, 2.75) is 31.3 Å². The zero-order valence-electron chi connectivity index (χ0n) is 16.3. The summed E-state index contributed by atoms with van der Waals surface area (Å²) in [7, 11) is 4.40. The third-order valence-electron chi connectivity index (χ3n) is 4.68. The van der Waals surface area contributed by atoms with Gasteiger partial charge < -0.3 is 15.5 Å². The fourth-order valence-corrected chi connectivity index (χ4v) is 3.72. The second kappa shape index (κ2) is 10.0. The number of benzene rings is 1. The van der Waals surface area contributed by atoms with Gasteiger partial charge >= 0.3 is 0 Å². The molecule has 1 aliphatic heterocycles. The first-order valence-electron chi connectivity index (χ1n) is 9.08. The molecular weight excluding hydrogens is 330 g/mol. The lowest BCUT2D eigenvalue weighted by atomic mass is 10.1. The molecule has 1 unspecified atom stereocenters. The van der Waals surface area contributed by atoms with Crippen LogP contribution in [0.15, 0.2) is 28.1 Å². The first kappa shape index (κ1) is 20.1. The number of rotatable bonds is 6. The maximum atomic E-state index is 4.80. The monoisotopic (exact) mass is 363 g/mol. The molecule has 0 saturated carbocycles. The van der Waals surface area contributed by atoms with Crippen molar-refractivity contribution in [3.05, 3.63) is 29.3 Å². The van der Waals surface area contributed by atoms with Gasteiger partial charge in [-0.15, -0.1) is 11.8 Å². The van der Waals surface area contributed by atoms with Crippen LogP contribution in [0.4, 0.5) is 0 Å². The first-order valence-corrected chi connectivity index (χ1v) is 10.3. The van der Waals surface area contributed by atoms with Gasteiger partial charge in [-0.05, 0) is 51.4 Å². The number of hydrogen-bond donors (Lipinski definition) is 2. The second-order valence-corrected chi connectivity index (χ2v) is 7.64. The van der Waals surface area contributed by atoms with Crippen LogP contribution in [-0.2, 0) is 6.54 Å². The Morgan fingerprint density at radius 1 is 1.28 bits per heavy atom. The fraction of sp³-hybridized carbons (Fsp3) is 0.632. The smallest absolute Gasteiger partial charge is 0.191 e. The molecule has 1 aromatic carbocycles. The van der Waals surface area contributed by atoms with Gasteiger partial charge in [0.25, 0.3) is 0 Å². The molecule has 1 fully saturated rings. The lowest BCUT2D eigenvalue weighted by Gasteiger charge is -2.37. The molecule has 0 bridgehead atoms. The van der Waals surface area contributed by atoms with E-state index in [0.29, 0.717) is 12.6 Å². The molecule has 0 radical (unpaired) electrons. The van der Waals surface area contributed by atoms with Crippen molar-refractivity contribution in [3.63, 3.8) is 0 Å². The van der Waals surface area contributed by atoms with E-state index in [4.69, 9.17) is 4.99 Å².